The van der Waals surface area contributed by atoms with Crippen LogP contribution in [0.5, 0.6) is 0 Å². The topological polar surface area (TPSA) is 89.2 Å². The van der Waals surface area contributed by atoms with Crippen molar-refractivity contribution in [3.8, 4) is 0 Å². The van der Waals surface area contributed by atoms with Gasteiger partial charge in [0.2, 0.25) is 5.95 Å². The Kier molecular flexibility index (Phi) is 4.71. The number of nitrogens with one attached hydrogen (secondary N) is 1. The molecule has 0 spiro atoms. The number of ether oxygens (including phenoxy) is 1. The Balaban J connectivity index is 1.79. The van der Waals surface area contributed by atoms with Crippen LogP contribution in [0.15, 0.2) is 4.52 Å². The molecule has 1 aliphatic rings. The van der Waals surface area contributed by atoms with E-state index in [1.54, 1.807) is 7.11 Å². The molecule has 124 valence electrons. The van der Waals surface area contributed by atoms with Gasteiger partial charge in [-0.2, -0.15) is 9.97 Å². The fourth-order valence-electron chi connectivity index (χ4n) is 2.63. The van der Waals surface area contributed by atoms with Crippen molar-refractivity contribution in [2.75, 3.05) is 31.4 Å². The molecule has 0 radical (unpaired) electrons. The Morgan fingerprint density at radius 3 is 2.78 bits per heavy atom. The van der Waals surface area contributed by atoms with E-state index in [-0.39, 0.29) is 0 Å². The minimum absolute atomic E-state index is 0.320. The summed E-state index contributed by atoms with van der Waals surface area (Å²) in [7, 11) is 5.49. The molecular formula is C15H22N6O2. The standard InChI is InChI=1S/C15H22N6O2/c1-21(2)15-17-11-7-5-4-6-10(11)14(19-15)16-8-12-18-13(9-22-3)23-20-12/h4-9H2,1-3H3,(H,16,17,19). The molecule has 0 saturated carbocycles. The van der Waals surface area contributed by atoms with Gasteiger partial charge in [-0.05, 0) is 25.7 Å². The average Bonchev–Trinajstić information content (AvgIpc) is 3.00. The van der Waals surface area contributed by atoms with Crippen LogP contribution in [0, 0.1) is 0 Å². The van der Waals surface area contributed by atoms with Crippen LogP contribution in [0.2, 0.25) is 0 Å². The second-order valence-corrected chi connectivity index (χ2v) is 5.79. The molecule has 0 bridgehead atoms. The SMILES string of the molecule is COCc1nc(CNc2nc(N(C)C)nc3c2CCCC3)no1. The van der Waals surface area contributed by atoms with Crippen molar-refractivity contribution in [1.82, 2.24) is 20.1 Å². The summed E-state index contributed by atoms with van der Waals surface area (Å²) in [4.78, 5) is 15.5. The Morgan fingerprint density at radius 1 is 1.17 bits per heavy atom. The number of rotatable bonds is 6. The third-order valence-electron chi connectivity index (χ3n) is 3.76. The predicted molar refractivity (Wildman–Crippen MR) is 85.3 cm³/mol. The molecule has 1 aliphatic carbocycles. The number of methoxy groups -OCH3 is 1. The van der Waals surface area contributed by atoms with Crippen LogP contribution in [0.25, 0.3) is 0 Å². The molecule has 0 fully saturated rings. The number of aryl methyl sites for hydroxylation is 1. The van der Waals surface area contributed by atoms with E-state index in [0.717, 1.165) is 30.3 Å². The van der Waals surface area contributed by atoms with E-state index in [9.17, 15) is 0 Å². The minimum atomic E-state index is 0.320. The van der Waals surface area contributed by atoms with Gasteiger partial charge in [-0.25, -0.2) is 4.98 Å². The van der Waals surface area contributed by atoms with Crippen LogP contribution in [-0.4, -0.2) is 41.3 Å². The van der Waals surface area contributed by atoms with Crippen molar-refractivity contribution < 1.29 is 9.26 Å². The van der Waals surface area contributed by atoms with E-state index in [4.69, 9.17) is 9.26 Å². The van der Waals surface area contributed by atoms with Crippen molar-refractivity contribution in [3.63, 3.8) is 0 Å². The van der Waals surface area contributed by atoms with E-state index in [1.165, 1.54) is 18.4 Å². The fourth-order valence-corrected chi connectivity index (χ4v) is 2.63. The van der Waals surface area contributed by atoms with Crippen LogP contribution in [0.4, 0.5) is 11.8 Å². The summed E-state index contributed by atoms with van der Waals surface area (Å²) in [5, 5.41) is 7.27. The van der Waals surface area contributed by atoms with Gasteiger partial charge in [0, 0.05) is 26.8 Å². The zero-order valence-corrected chi connectivity index (χ0v) is 13.8. The van der Waals surface area contributed by atoms with Crippen LogP contribution < -0.4 is 10.2 Å². The molecule has 0 aliphatic heterocycles. The van der Waals surface area contributed by atoms with E-state index < -0.39 is 0 Å². The van der Waals surface area contributed by atoms with Crippen molar-refractivity contribution in [3.05, 3.63) is 23.0 Å². The molecule has 2 aromatic heterocycles. The van der Waals surface area contributed by atoms with Gasteiger partial charge in [0.05, 0.1) is 12.2 Å². The summed E-state index contributed by atoms with van der Waals surface area (Å²) >= 11 is 0. The Morgan fingerprint density at radius 2 is 2.00 bits per heavy atom. The molecule has 0 saturated heterocycles. The molecule has 2 heterocycles. The summed E-state index contributed by atoms with van der Waals surface area (Å²) in [6.07, 6.45) is 4.37. The molecule has 2 aromatic rings. The first-order chi connectivity index (χ1) is 11.2. The second-order valence-electron chi connectivity index (χ2n) is 5.79. The Hall–Kier alpha value is -2.22. The quantitative estimate of drug-likeness (QED) is 0.858. The van der Waals surface area contributed by atoms with E-state index in [1.807, 2.05) is 19.0 Å². The lowest BCUT2D eigenvalue weighted by Crippen LogP contribution is -2.19. The highest BCUT2D eigenvalue weighted by atomic mass is 16.5. The zero-order chi connectivity index (χ0) is 16.2. The van der Waals surface area contributed by atoms with Crippen molar-refractivity contribution >= 4 is 11.8 Å². The third kappa shape index (κ3) is 3.58. The van der Waals surface area contributed by atoms with Gasteiger partial charge in [0.1, 0.15) is 12.4 Å². The monoisotopic (exact) mass is 318 g/mol. The maximum atomic E-state index is 5.10. The van der Waals surface area contributed by atoms with Crippen molar-refractivity contribution in [1.29, 1.82) is 0 Å². The molecule has 23 heavy (non-hydrogen) atoms. The fraction of sp³-hybridized carbons (Fsp3) is 0.600. The second kappa shape index (κ2) is 6.91. The molecule has 0 aromatic carbocycles. The number of anilines is 2. The first kappa shape index (κ1) is 15.7. The highest BCUT2D eigenvalue weighted by Crippen LogP contribution is 2.27. The number of fused-ring (bicyclic) bond motifs is 1. The van der Waals surface area contributed by atoms with Gasteiger partial charge < -0.3 is 19.5 Å². The maximum absolute atomic E-state index is 5.10. The van der Waals surface area contributed by atoms with Crippen LogP contribution in [0.1, 0.15) is 35.8 Å². The van der Waals surface area contributed by atoms with E-state index >= 15 is 0 Å². The lowest BCUT2D eigenvalue weighted by molar-refractivity contribution is 0.151. The summed E-state index contributed by atoms with van der Waals surface area (Å²) in [5.41, 5.74) is 2.35. The summed E-state index contributed by atoms with van der Waals surface area (Å²) in [6, 6.07) is 0. The molecule has 1 N–H and O–H groups in total. The average molecular weight is 318 g/mol. The lowest BCUT2D eigenvalue weighted by Gasteiger charge is -2.21. The number of aromatic nitrogens is 4. The normalized spacial score (nSPS) is 13.7. The van der Waals surface area contributed by atoms with Crippen molar-refractivity contribution in [2.45, 2.75) is 38.8 Å². The van der Waals surface area contributed by atoms with Gasteiger partial charge in [0.25, 0.3) is 5.89 Å². The Bertz CT molecular complexity index is 670. The minimum Gasteiger partial charge on any atom is -0.375 e. The van der Waals surface area contributed by atoms with Crippen LogP contribution in [-0.2, 0) is 30.7 Å². The number of hydrogen-bond acceptors (Lipinski definition) is 8. The van der Waals surface area contributed by atoms with Gasteiger partial charge >= 0.3 is 0 Å². The molecule has 0 atom stereocenters. The highest BCUT2D eigenvalue weighted by Gasteiger charge is 2.19. The van der Waals surface area contributed by atoms with Gasteiger partial charge in [0.15, 0.2) is 5.82 Å². The predicted octanol–water partition coefficient (Wildman–Crippen LogP) is 1.56. The number of hydrogen-bond donors (Lipinski definition) is 1. The van der Waals surface area contributed by atoms with Gasteiger partial charge in [-0.1, -0.05) is 5.16 Å². The molecular weight excluding hydrogens is 296 g/mol. The first-order valence-corrected chi connectivity index (χ1v) is 7.78. The highest BCUT2D eigenvalue weighted by molar-refractivity contribution is 5.52. The molecule has 3 rings (SSSR count). The summed E-state index contributed by atoms with van der Waals surface area (Å²) in [5.74, 6) is 2.66. The van der Waals surface area contributed by atoms with Crippen LogP contribution >= 0.6 is 0 Å². The zero-order valence-electron chi connectivity index (χ0n) is 13.8. The number of nitrogens with zero attached hydrogens (tertiary/aromatic N) is 5. The third-order valence-corrected chi connectivity index (χ3v) is 3.76. The van der Waals surface area contributed by atoms with Crippen molar-refractivity contribution in [2.24, 2.45) is 0 Å². The van der Waals surface area contributed by atoms with Gasteiger partial charge in [-0.3, -0.25) is 0 Å². The molecule has 8 nitrogen and oxygen atoms in total. The first-order valence-electron chi connectivity index (χ1n) is 7.78. The molecule has 0 unspecified atom stereocenters. The maximum Gasteiger partial charge on any atom is 0.252 e. The molecule has 8 heteroatoms. The van der Waals surface area contributed by atoms with Gasteiger partial charge in [-0.15, -0.1) is 0 Å². The molecule has 0 amide bonds. The largest absolute Gasteiger partial charge is 0.375 e. The lowest BCUT2D eigenvalue weighted by atomic mass is 9.96. The van der Waals surface area contributed by atoms with E-state index in [2.05, 4.69) is 25.4 Å². The van der Waals surface area contributed by atoms with E-state index in [0.29, 0.717) is 24.9 Å². The smallest absolute Gasteiger partial charge is 0.252 e. The van der Waals surface area contributed by atoms with Crippen LogP contribution in [0.3, 0.4) is 0 Å². The Labute approximate surface area is 135 Å². The summed E-state index contributed by atoms with van der Waals surface area (Å²) < 4.78 is 10.1. The summed E-state index contributed by atoms with van der Waals surface area (Å²) in [6.45, 7) is 0.782.